The molecule has 0 saturated heterocycles. The van der Waals surface area contributed by atoms with Gasteiger partial charge in [0.05, 0.1) is 31.1 Å². The topological polar surface area (TPSA) is 111 Å². The molecule has 8 nitrogen and oxygen atoms in total. The van der Waals surface area contributed by atoms with Crippen molar-refractivity contribution in [3.05, 3.63) is 88.0 Å². The first-order chi connectivity index (χ1) is 19.5. The van der Waals surface area contributed by atoms with Crippen LogP contribution in [0.3, 0.4) is 0 Å². The van der Waals surface area contributed by atoms with Crippen molar-refractivity contribution in [2.75, 3.05) is 20.8 Å². The molecule has 1 heterocycles. The van der Waals surface area contributed by atoms with Gasteiger partial charge in [-0.2, -0.15) is 0 Å². The Morgan fingerprint density at radius 1 is 1.00 bits per heavy atom. The second-order valence-corrected chi connectivity index (χ2v) is 10.2. The van der Waals surface area contributed by atoms with Crippen molar-refractivity contribution < 1.29 is 28.7 Å². The number of hydrogen-bond acceptors (Lipinski definition) is 8. The smallest absolute Gasteiger partial charge is 0.168 e. The average Bonchev–Trinajstić information content (AvgIpc) is 3.40. The van der Waals surface area contributed by atoms with E-state index in [-0.39, 0.29) is 29.7 Å². The number of ketones is 2. The number of hydrogen-bond donors (Lipinski definition) is 1. The number of rotatable bonds is 9. The third-order valence-electron chi connectivity index (χ3n) is 7.67. The number of aliphatic hydroxyl groups is 1. The largest absolute Gasteiger partial charge is 0.511 e. The van der Waals surface area contributed by atoms with Crippen molar-refractivity contribution in [1.82, 2.24) is 5.16 Å². The number of aromatic nitrogens is 1. The number of nitrogens with zero attached hydrogens (tertiary/aromatic N) is 2. The monoisotopic (exact) mass is 542 g/mol. The first kappa shape index (κ1) is 27.4. The van der Waals surface area contributed by atoms with Crippen LogP contribution in [0.1, 0.15) is 71.0 Å². The van der Waals surface area contributed by atoms with E-state index >= 15 is 0 Å². The Kier molecular flexibility index (Phi) is 8.43. The van der Waals surface area contributed by atoms with Crippen LogP contribution < -0.4 is 9.47 Å². The van der Waals surface area contributed by atoms with Crippen molar-refractivity contribution in [1.29, 1.82) is 0 Å². The maximum Gasteiger partial charge on any atom is 0.168 e. The molecule has 3 aromatic rings. The summed E-state index contributed by atoms with van der Waals surface area (Å²) in [5.74, 6) is 1.88. The van der Waals surface area contributed by atoms with Crippen LogP contribution in [0, 0.1) is 0 Å². The summed E-state index contributed by atoms with van der Waals surface area (Å²) in [5.41, 5.74) is 4.16. The number of methoxy groups -OCH3 is 2. The lowest BCUT2D eigenvalue weighted by Crippen LogP contribution is -2.22. The Hall–Kier alpha value is -4.20. The summed E-state index contributed by atoms with van der Waals surface area (Å²) in [4.78, 5) is 30.6. The van der Waals surface area contributed by atoms with Crippen molar-refractivity contribution in [2.45, 2.75) is 57.3 Å². The average molecular weight is 543 g/mol. The Labute approximate surface area is 233 Å². The van der Waals surface area contributed by atoms with E-state index in [1.807, 2.05) is 48.5 Å². The second-order valence-electron chi connectivity index (χ2n) is 10.2. The number of benzene rings is 2. The van der Waals surface area contributed by atoms with E-state index in [0.717, 1.165) is 11.1 Å². The second kappa shape index (κ2) is 12.3. The maximum atomic E-state index is 13.1. The van der Waals surface area contributed by atoms with Gasteiger partial charge >= 0.3 is 0 Å². The van der Waals surface area contributed by atoms with Crippen molar-refractivity contribution in [3.63, 3.8) is 0 Å². The van der Waals surface area contributed by atoms with Gasteiger partial charge in [-0.15, -0.1) is 0 Å². The molecule has 208 valence electrons. The highest BCUT2D eigenvalue weighted by Gasteiger charge is 2.33. The van der Waals surface area contributed by atoms with Gasteiger partial charge in [-0.1, -0.05) is 41.6 Å². The minimum Gasteiger partial charge on any atom is -0.511 e. The number of Topliss-reactive ketones (excluding diaryl/α,β-unsaturated/α-hetero) is 2. The maximum absolute atomic E-state index is 13.1. The van der Waals surface area contributed by atoms with Gasteiger partial charge in [-0.25, -0.2) is 0 Å². The zero-order chi connectivity index (χ0) is 28.1. The molecule has 2 aliphatic rings. The molecule has 1 aromatic heterocycles. The Bertz CT molecular complexity index is 1450. The predicted octanol–water partition coefficient (Wildman–Crippen LogP) is 5.79. The van der Waals surface area contributed by atoms with Gasteiger partial charge < -0.3 is 19.1 Å². The van der Waals surface area contributed by atoms with Crippen LogP contribution in [0.2, 0.25) is 0 Å². The highest BCUT2D eigenvalue weighted by molar-refractivity contribution is 6.24. The molecule has 1 atom stereocenters. The van der Waals surface area contributed by atoms with Crippen molar-refractivity contribution >= 4 is 17.3 Å². The quantitative estimate of drug-likeness (QED) is 0.269. The van der Waals surface area contributed by atoms with E-state index in [1.54, 1.807) is 14.2 Å². The number of ether oxygens (including phenoxy) is 2. The molecule has 0 amide bonds. The minimum atomic E-state index is -0.0995. The van der Waals surface area contributed by atoms with Crippen molar-refractivity contribution in [2.24, 2.45) is 4.99 Å². The third kappa shape index (κ3) is 5.86. The lowest BCUT2D eigenvalue weighted by Gasteiger charge is -2.20. The van der Waals surface area contributed by atoms with Crippen LogP contribution in [0.5, 0.6) is 11.5 Å². The molecule has 1 saturated carbocycles. The van der Waals surface area contributed by atoms with Crippen LogP contribution in [-0.4, -0.2) is 48.3 Å². The molecular formula is C32H34N2O6. The van der Waals surface area contributed by atoms with E-state index in [4.69, 9.17) is 19.0 Å². The fourth-order valence-electron chi connectivity index (χ4n) is 5.60. The fraction of sp³-hybridized carbons (Fsp3) is 0.375. The summed E-state index contributed by atoms with van der Waals surface area (Å²) in [5, 5.41) is 15.2. The number of aliphatic imine (C=N–C) groups is 1. The molecular weight excluding hydrogens is 508 g/mol. The molecule has 2 aliphatic carbocycles. The van der Waals surface area contributed by atoms with Crippen molar-refractivity contribution in [3.8, 4) is 11.5 Å². The van der Waals surface area contributed by atoms with Gasteiger partial charge in [-0.3, -0.25) is 14.6 Å². The van der Waals surface area contributed by atoms with Crippen LogP contribution in [0.25, 0.3) is 0 Å². The predicted molar refractivity (Wildman–Crippen MR) is 151 cm³/mol. The van der Waals surface area contributed by atoms with Crippen LogP contribution >= 0.6 is 0 Å². The van der Waals surface area contributed by atoms with E-state index < -0.39 is 0 Å². The highest BCUT2D eigenvalue weighted by atomic mass is 16.5. The number of carbonyl (C=O) groups is 2. The molecule has 1 N–H and O–H groups in total. The summed E-state index contributed by atoms with van der Waals surface area (Å²) in [7, 11) is 3.20. The first-order valence-electron chi connectivity index (χ1n) is 13.7. The number of fused-ring (bicyclic) bond motifs is 1. The molecule has 0 radical (unpaired) electrons. The lowest BCUT2D eigenvalue weighted by atomic mass is 9.81. The van der Waals surface area contributed by atoms with Crippen LogP contribution in [0.4, 0.5) is 0 Å². The Morgan fingerprint density at radius 3 is 2.58 bits per heavy atom. The zero-order valence-electron chi connectivity index (χ0n) is 22.9. The summed E-state index contributed by atoms with van der Waals surface area (Å²) >= 11 is 0. The Morgan fingerprint density at radius 2 is 1.80 bits per heavy atom. The summed E-state index contributed by atoms with van der Waals surface area (Å²) in [6.45, 7) is 0.475. The van der Waals surface area contributed by atoms with E-state index in [9.17, 15) is 14.7 Å². The van der Waals surface area contributed by atoms with E-state index in [0.29, 0.717) is 91.3 Å². The van der Waals surface area contributed by atoms with Crippen LogP contribution in [0.15, 0.2) is 69.4 Å². The SMILES string of the molecule is COc1ccc(CCN=C2CCCC(=O)C2=C(O)CCc2noc3c2C(=O)CC(c2ccccc2)C3)cc1OC. The fourth-order valence-corrected chi connectivity index (χ4v) is 5.60. The molecule has 40 heavy (non-hydrogen) atoms. The summed E-state index contributed by atoms with van der Waals surface area (Å²) < 4.78 is 16.3. The van der Waals surface area contributed by atoms with Crippen LogP contribution in [-0.2, 0) is 24.1 Å². The van der Waals surface area contributed by atoms with Gasteiger partial charge in [0.15, 0.2) is 23.1 Å². The molecule has 8 heteroatoms. The van der Waals surface area contributed by atoms with Gasteiger partial charge in [0.1, 0.15) is 11.5 Å². The first-order valence-corrected chi connectivity index (χ1v) is 13.7. The third-order valence-corrected chi connectivity index (χ3v) is 7.67. The van der Waals surface area contributed by atoms with E-state index in [2.05, 4.69) is 5.16 Å². The molecule has 1 fully saturated rings. The molecule has 0 bridgehead atoms. The number of aliphatic hydroxyl groups excluding tert-OH is 1. The summed E-state index contributed by atoms with van der Waals surface area (Å²) in [6.07, 6.45) is 3.88. The summed E-state index contributed by atoms with van der Waals surface area (Å²) in [6, 6.07) is 15.7. The highest BCUT2D eigenvalue weighted by Crippen LogP contribution is 2.35. The molecule has 5 rings (SSSR count). The molecule has 1 unspecified atom stereocenters. The molecule has 2 aromatic carbocycles. The number of aryl methyl sites for hydroxylation is 1. The Balaban J connectivity index is 1.28. The van der Waals surface area contributed by atoms with Gasteiger partial charge in [0.25, 0.3) is 0 Å². The van der Waals surface area contributed by atoms with Gasteiger partial charge in [0.2, 0.25) is 0 Å². The number of carbonyl (C=O) groups excluding carboxylic acids is 2. The number of allylic oxidation sites excluding steroid dienone is 2. The lowest BCUT2D eigenvalue weighted by molar-refractivity contribution is -0.115. The molecule has 0 spiro atoms. The van der Waals surface area contributed by atoms with Gasteiger partial charge in [-0.05, 0) is 48.4 Å². The zero-order valence-corrected chi connectivity index (χ0v) is 22.9. The van der Waals surface area contributed by atoms with E-state index in [1.165, 1.54) is 0 Å². The standard InChI is InChI=1S/C32H34N2O6/c1-38-28-14-11-20(17-29(28)39-2)15-16-33-23-9-6-10-25(35)31(23)26(36)13-12-24-32-27(37)18-22(19-30(32)40-34-24)21-7-4-3-5-8-21/h3-5,7-8,11,14,17,22,36H,6,9-10,12-13,15-16,18-19H2,1-2H3. The normalized spacial score (nSPS) is 19.4. The molecule has 0 aliphatic heterocycles. The van der Waals surface area contributed by atoms with Gasteiger partial charge in [0, 0.05) is 44.4 Å². The minimum absolute atomic E-state index is 0.00302.